The Labute approximate surface area is 119 Å². The molecule has 1 saturated carbocycles. The van der Waals surface area contributed by atoms with Gasteiger partial charge >= 0.3 is 0 Å². The van der Waals surface area contributed by atoms with Crippen LogP contribution in [0.15, 0.2) is 0 Å². The van der Waals surface area contributed by atoms with Crippen molar-refractivity contribution in [2.45, 2.75) is 58.5 Å². The number of rotatable bonds is 4. The highest BCUT2D eigenvalue weighted by Crippen LogP contribution is 2.39. The molecule has 2 fully saturated rings. The molecule has 1 saturated heterocycles. The fraction of sp³-hybridized carbons (Fsp3) is 1.00. The lowest BCUT2D eigenvalue weighted by Crippen LogP contribution is -2.52. The Balaban J connectivity index is 1.97. The third kappa shape index (κ3) is 3.93. The van der Waals surface area contributed by atoms with Gasteiger partial charge in [0.25, 0.3) is 0 Å². The van der Waals surface area contributed by atoms with Crippen LogP contribution in [-0.2, 0) is 4.74 Å². The summed E-state index contributed by atoms with van der Waals surface area (Å²) < 4.78 is 5.63. The Morgan fingerprint density at radius 3 is 2.84 bits per heavy atom. The highest BCUT2D eigenvalue weighted by atomic mass is 16.5. The van der Waals surface area contributed by atoms with Crippen molar-refractivity contribution >= 4 is 0 Å². The minimum Gasteiger partial charge on any atom is -0.378 e. The van der Waals surface area contributed by atoms with Gasteiger partial charge in [0.2, 0.25) is 0 Å². The van der Waals surface area contributed by atoms with E-state index in [1.807, 2.05) is 0 Å². The average molecular weight is 268 g/mol. The second-order valence-corrected chi connectivity index (χ2v) is 7.19. The first-order valence-corrected chi connectivity index (χ1v) is 8.05. The van der Waals surface area contributed by atoms with Crippen LogP contribution < -0.4 is 5.32 Å². The predicted octanol–water partition coefficient (Wildman–Crippen LogP) is 2.51. The molecule has 0 aromatic carbocycles. The Bertz CT molecular complexity index is 280. The molecule has 19 heavy (non-hydrogen) atoms. The first-order chi connectivity index (χ1) is 9.05. The zero-order chi connectivity index (χ0) is 13.9. The number of hydrogen-bond acceptors (Lipinski definition) is 3. The van der Waals surface area contributed by atoms with Gasteiger partial charge in [0.15, 0.2) is 0 Å². The molecule has 0 aromatic heterocycles. The van der Waals surface area contributed by atoms with E-state index in [-0.39, 0.29) is 0 Å². The van der Waals surface area contributed by atoms with Crippen LogP contribution in [0.1, 0.15) is 46.5 Å². The summed E-state index contributed by atoms with van der Waals surface area (Å²) in [6, 6.07) is 1.34. The molecule has 1 heterocycles. The van der Waals surface area contributed by atoms with Crippen molar-refractivity contribution in [1.82, 2.24) is 10.2 Å². The second kappa shape index (κ2) is 6.55. The van der Waals surface area contributed by atoms with Crippen molar-refractivity contribution in [3.63, 3.8) is 0 Å². The number of nitrogens with one attached hydrogen (secondary N) is 1. The monoisotopic (exact) mass is 268 g/mol. The third-order valence-electron chi connectivity index (χ3n) is 5.18. The number of hydrogen-bond donors (Lipinski definition) is 1. The Hall–Kier alpha value is -0.120. The SMILES string of the molecule is CCC1COCCN1CC1CC(C)(C)CCC1NC. The molecule has 3 nitrogen and oxygen atoms in total. The molecular formula is C16H32N2O. The lowest BCUT2D eigenvalue weighted by Gasteiger charge is -2.45. The summed E-state index contributed by atoms with van der Waals surface area (Å²) in [7, 11) is 2.13. The van der Waals surface area contributed by atoms with Gasteiger partial charge in [-0.15, -0.1) is 0 Å². The van der Waals surface area contributed by atoms with Crippen LogP contribution in [0.2, 0.25) is 0 Å². The lowest BCUT2D eigenvalue weighted by molar-refractivity contribution is -0.0253. The second-order valence-electron chi connectivity index (χ2n) is 7.19. The van der Waals surface area contributed by atoms with Gasteiger partial charge in [0, 0.05) is 25.2 Å². The molecule has 2 rings (SSSR count). The van der Waals surface area contributed by atoms with E-state index in [9.17, 15) is 0 Å². The molecule has 2 aliphatic rings. The van der Waals surface area contributed by atoms with Gasteiger partial charge in [-0.25, -0.2) is 0 Å². The van der Waals surface area contributed by atoms with Gasteiger partial charge in [0.05, 0.1) is 13.2 Å². The van der Waals surface area contributed by atoms with E-state index < -0.39 is 0 Å². The van der Waals surface area contributed by atoms with Crippen LogP contribution in [0.25, 0.3) is 0 Å². The standard InChI is InChI=1S/C16H32N2O/c1-5-14-12-19-9-8-18(14)11-13-10-16(2,3)7-6-15(13)17-4/h13-15,17H,5-12H2,1-4H3. The van der Waals surface area contributed by atoms with Crippen LogP contribution in [0.5, 0.6) is 0 Å². The predicted molar refractivity (Wildman–Crippen MR) is 80.4 cm³/mol. The average Bonchev–Trinajstić information content (AvgIpc) is 2.39. The van der Waals surface area contributed by atoms with Gasteiger partial charge in [0.1, 0.15) is 0 Å². The minimum absolute atomic E-state index is 0.520. The van der Waals surface area contributed by atoms with E-state index in [1.54, 1.807) is 0 Å². The van der Waals surface area contributed by atoms with E-state index in [0.717, 1.165) is 25.7 Å². The number of morpholine rings is 1. The Kier molecular flexibility index (Phi) is 5.27. The van der Waals surface area contributed by atoms with Crippen molar-refractivity contribution < 1.29 is 4.74 Å². The molecular weight excluding hydrogens is 236 g/mol. The Morgan fingerprint density at radius 2 is 2.16 bits per heavy atom. The summed E-state index contributed by atoms with van der Waals surface area (Å²) in [5, 5.41) is 3.56. The first kappa shape index (κ1) is 15.3. The van der Waals surface area contributed by atoms with E-state index in [1.165, 1.54) is 32.2 Å². The molecule has 0 amide bonds. The summed E-state index contributed by atoms with van der Waals surface area (Å²) in [5.41, 5.74) is 0.520. The van der Waals surface area contributed by atoms with Crippen molar-refractivity contribution in [2.24, 2.45) is 11.3 Å². The summed E-state index contributed by atoms with van der Waals surface area (Å²) in [4.78, 5) is 2.68. The zero-order valence-corrected chi connectivity index (χ0v) is 13.2. The molecule has 0 radical (unpaired) electrons. The van der Waals surface area contributed by atoms with Crippen molar-refractivity contribution in [2.75, 3.05) is 33.4 Å². The van der Waals surface area contributed by atoms with E-state index in [0.29, 0.717) is 17.5 Å². The third-order valence-corrected chi connectivity index (χ3v) is 5.18. The summed E-state index contributed by atoms with van der Waals surface area (Å²) in [6.07, 6.45) is 5.25. The van der Waals surface area contributed by atoms with Gasteiger partial charge < -0.3 is 10.1 Å². The van der Waals surface area contributed by atoms with Crippen LogP contribution in [0, 0.1) is 11.3 Å². The normalized spacial score (nSPS) is 36.3. The van der Waals surface area contributed by atoms with E-state index >= 15 is 0 Å². The molecule has 3 atom stereocenters. The van der Waals surface area contributed by atoms with Crippen LogP contribution in [0.3, 0.4) is 0 Å². The fourth-order valence-electron chi connectivity index (χ4n) is 3.91. The molecule has 0 spiro atoms. The quantitative estimate of drug-likeness (QED) is 0.848. The number of nitrogens with zero attached hydrogens (tertiary/aromatic N) is 1. The van der Waals surface area contributed by atoms with Gasteiger partial charge in [-0.1, -0.05) is 20.8 Å². The molecule has 1 aliphatic carbocycles. The molecule has 1 N–H and O–H groups in total. The molecule has 3 heteroatoms. The van der Waals surface area contributed by atoms with Crippen LogP contribution in [-0.4, -0.2) is 50.3 Å². The first-order valence-electron chi connectivity index (χ1n) is 8.05. The van der Waals surface area contributed by atoms with Gasteiger partial charge in [-0.2, -0.15) is 0 Å². The lowest BCUT2D eigenvalue weighted by atomic mass is 9.69. The maximum atomic E-state index is 5.63. The molecule has 0 aromatic rings. The number of ether oxygens (including phenoxy) is 1. The van der Waals surface area contributed by atoms with E-state index in [4.69, 9.17) is 4.74 Å². The highest BCUT2D eigenvalue weighted by Gasteiger charge is 2.36. The minimum atomic E-state index is 0.520. The smallest absolute Gasteiger partial charge is 0.0622 e. The summed E-state index contributed by atoms with van der Waals surface area (Å²) >= 11 is 0. The highest BCUT2D eigenvalue weighted by molar-refractivity contribution is 4.91. The van der Waals surface area contributed by atoms with Crippen LogP contribution >= 0.6 is 0 Å². The van der Waals surface area contributed by atoms with Crippen molar-refractivity contribution in [3.8, 4) is 0 Å². The molecule has 112 valence electrons. The van der Waals surface area contributed by atoms with Crippen molar-refractivity contribution in [3.05, 3.63) is 0 Å². The largest absolute Gasteiger partial charge is 0.378 e. The van der Waals surface area contributed by atoms with Crippen molar-refractivity contribution in [1.29, 1.82) is 0 Å². The molecule has 0 bridgehead atoms. The molecule has 1 aliphatic heterocycles. The maximum Gasteiger partial charge on any atom is 0.0622 e. The maximum absolute atomic E-state index is 5.63. The van der Waals surface area contributed by atoms with Gasteiger partial charge in [-0.3, -0.25) is 4.90 Å². The summed E-state index contributed by atoms with van der Waals surface area (Å²) in [5.74, 6) is 0.792. The topological polar surface area (TPSA) is 24.5 Å². The van der Waals surface area contributed by atoms with Gasteiger partial charge in [-0.05, 0) is 44.1 Å². The van der Waals surface area contributed by atoms with E-state index in [2.05, 4.69) is 38.0 Å². The fourth-order valence-corrected chi connectivity index (χ4v) is 3.91. The molecule has 3 unspecified atom stereocenters. The zero-order valence-electron chi connectivity index (χ0n) is 13.2. The Morgan fingerprint density at radius 1 is 1.37 bits per heavy atom. The summed E-state index contributed by atoms with van der Waals surface area (Å²) in [6.45, 7) is 11.4. The van der Waals surface area contributed by atoms with Crippen LogP contribution in [0.4, 0.5) is 0 Å².